The monoisotopic (exact) mass is 711 g/mol. The lowest BCUT2D eigenvalue weighted by Gasteiger charge is -2.51. The Hall–Kier alpha value is -5.80. The number of phenolic OH excluding ortho intramolecular Hbond substituents is 1. The highest BCUT2D eigenvalue weighted by Crippen LogP contribution is 2.65. The van der Waals surface area contributed by atoms with Gasteiger partial charge in [0, 0.05) is 16.5 Å². The maximum atomic E-state index is 15.4. The first-order valence-corrected chi connectivity index (χ1v) is 17.6. The number of amides is 4. The van der Waals surface area contributed by atoms with Gasteiger partial charge in [0.05, 0.1) is 34.5 Å². The molecule has 9 rings (SSSR count). The van der Waals surface area contributed by atoms with E-state index in [-0.39, 0.29) is 30.4 Å². The number of benzene rings is 5. The van der Waals surface area contributed by atoms with Gasteiger partial charge in [0.25, 0.3) is 11.8 Å². The van der Waals surface area contributed by atoms with E-state index in [9.17, 15) is 23.9 Å². The van der Waals surface area contributed by atoms with Crippen LogP contribution in [-0.2, 0) is 24.6 Å². The van der Waals surface area contributed by atoms with Crippen molar-refractivity contribution in [3.63, 3.8) is 0 Å². The molecule has 5 aromatic rings. The number of nitrogens with one attached hydrogen (secondary N) is 1. The highest BCUT2D eigenvalue weighted by molar-refractivity contribution is 6.30. The van der Waals surface area contributed by atoms with Gasteiger partial charge >= 0.3 is 0 Å². The van der Waals surface area contributed by atoms with E-state index in [0.717, 1.165) is 16.0 Å². The Morgan fingerprint density at radius 1 is 0.769 bits per heavy atom. The van der Waals surface area contributed by atoms with Crippen molar-refractivity contribution in [2.45, 2.75) is 24.2 Å². The molecule has 2 heterocycles. The predicted octanol–water partition coefficient (Wildman–Crippen LogP) is 7.53. The number of hydrogen-bond donors (Lipinski definition) is 2. The molecule has 2 saturated heterocycles. The number of rotatable bonds is 5. The molecule has 2 aliphatic carbocycles. The van der Waals surface area contributed by atoms with Crippen LogP contribution in [0, 0.1) is 29.5 Å². The average molecular weight is 712 g/mol. The first kappa shape index (κ1) is 32.1. The van der Waals surface area contributed by atoms with E-state index < -0.39 is 52.6 Å². The number of allylic oxidation sites excluding steroid dienone is 2. The van der Waals surface area contributed by atoms with Crippen LogP contribution in [0.15, 0.2) is 127 Å². The highest BCUT2D eigenvalue weighted by atomic mass is 35.5. The second-order valence-electron chi connectivity index (χ2n) is 13.9. The maximum absolute atomic E-state index is 15.4. The van der Waals surface area contributed by atoms with Crippen LogP contribution in [-0.4, -0.2) is 33.7 Å². The van der Waals surface area contributed by atoms with Crippen LogP contribution in [0.2, 0.25) is 5.02 Å². The zero-order valence-corrected chi connectivity index (χ0v) is 28.3. The van der Waals surface area contributed by atoms with E-state index in [2.05, 4.69) is 5.43 Å². The van der Waals surface area contributed by atoms with Crippen LogP contribution in [0.5, 0.6) is 5.75 Å². The Balaban J connectivity index is 1.30. The standard InChI is InChI=1S/C42H31ClFN3O5/c43-25-13-11-24(12-14-25)42-33(39(50)47(41(42)52)45-27-17-15-26(44)16-18-27)22-32-30(37(42)36-29-9-5-4-6-23(29)10-21-34(36)48)19-20-31-35(32)40(51)46(38(31)49)28-7-2-1-3-8-28/h1-19,21,31-33,35,37,45,48H,20,22H2. The third kappa shape index (κ3) is 4.51. The van der Waals surface area contributed by atoms with Gasteiger partial charge in [0.2, 0.25) is 11.8 Å². The minimum atomic E-state index is -1.61. The van der Waals surface area contributed by atoms with Crippen molar-refractivity contribution in [2.75, 3.05) is 10.3 Å². The van der Waals surface area contributed by atoms with Crippen molar-refractivity contribution in [2.24, 2.45) is 23.7 Å². The van der Waals surface area contributed by atoms with Gasteiger partial charge in [-0.05, 0) is 89.7 Å². The lowest BCUT2D eigenvalue weighted by molar-refractivity contribution is -0.138. The van der Waals surface area contributed by atoms with Crippen molar-refractivity contribution in [3.8, 4) is 5.75 Å². The van der Waals surface area contributed by atoms with Gasteiger partial charge in [-0.15, -0.1) is 0 Å². The number of imide groups is 2. The summed E-state index contributed by atoms with van der Waals surface area (Å²) in [5.41, 5.74) is 3.83. The first-order valence-electron chi connectivity index (χ1n) is 17.2. The number of para-hydroxylation sites is 1. The zero-order valence-electron chi connectivity index (χ0n) is 27.6. The Morgan fingerprint density at radius 2 is 1.48 bits per heavy atom. The minimum Gasteiger partial charge on any atom is -0.508 e. The van der Waals surface area contributed by atoms with Crippen LogP contribution in [0.25, 0.3) is 10.8 Å². The SMILES string of the molecule is O=C1C2CC3C(=CCC4C(=O)N(c5ccccc5)C(=O)C43)C(c3c(O)ccc4ccccc34)C2(c2ccc(Cl)cc2)C(=O)N1Nc1ccc(F)cc1. The van der Waals surface area contributed by atoms with Crippen LogP contribution in [0.1, 0.15) is 29.9 Å². The molecule has 10 heteroatoms. The molecule has 3 fully saturated rings. The molecule has 0 bridgehead atoms. The van der Waals surface area contributed by atoms with Crippen LogP contribution < -0.4 is 10.3 Å². The van der Waals surface area contributed by atoms with E-state index in [1.54, 1.807) is 60.7 Å². The topological polar surface area (TPSA) is 107 Å². The fourth-order valence-corrected chi connectivity index (χ4v) is 9.51. The summed E-state index contributed by atoms with van der Waals surface area (Å²) in [6, 6.07) is 31.9. The van der Waals surface area contributed by atoms with Gasteiger partial charge in [-0.1, -0.05) is 83.9 Å². The predicted molar refractivity (Wildman–Crippen MR) is 194 cm³/mol. The first-order chi connectivity index (χ1) is 25.2. The normalized spacial score (nSPS) is 26.7. The summed E-state index contributed by atoms with van der Waals surface area (Å²) in [5, 5.41) is 14.8. The second kappa shape index (κ2) is 11.9. The third-order valence-corrected chi connectivity index (χ3v) is 11.8. The lowest BCUT2D eigenvalue weighted by Crippen LogP contribution is -2.53. The van der Waals surface area contributed by atoms with Crippen molar-refractivity contribution in [1.82, 2.24) is 5.01 Å². The molecule has 6 unspecified atom stereocenters. The minimum absolute atomic E-state index is 0.0654. The number of nitrogens with zero attached hydrogens (tertiary/aromatic N) is 2. The van der Waals surface area contributed by atoms with Crippen molar-refractivity contribution >= 4 is 57.4 Å². The number of phenols is 1. The Labute approximate surface area is 303 Å². The molecule has 4 aliphatic rings. The molecular weight excluding hydrogens is 681 g/mol. The molecule has 5 aromatic carbocycles. The third-order valence-electron chi connectivity index (χ3n) is 11.5. The van der Waals surface area contributed by atoms with Crippen LogP contribution in [0.4, 0.5) is 15.8 Å². The largest absolute Gasteiger partial charge is 0.508 e. The number of carbonyl (C=O) groups is 4. The molecule has 52 heavy (non-hydrogen) atoms. The Kier molecular flexibility index (Phi) is 7.34. The average Bonchev–Trinajstić information content (AvgIpc) is 3.54. The molecule has 4 amide bonds. The molecule has 258 valence electrons. The van der Waals surface area contributed by atoms with Gasteiger partial charge in [0.15, 0.2) is 0 Å². The quantitative estimate of drug-likeness (QED) is 0.144. The molecular formula is C42H31ClFN3O5. The van der Waals surface area contributed by atoms with E-state index in [1.165, 1.54) is 29.2 Å². The van der Waals surface area contributed by atoms with Crippen molar-refractivity contribution in [1.29, 1.82) is 0 Å². The number of halogens is 2. The van der Waals surface area contributed by atoms with Gasteiger partial charge in [-0.3, -0.25) is 29.5 Å². The Morgan fingerprint density at radius 3 is 2.23 bits per heavy atom. The fraction of sp³-hybridized carbons (Fsp3) is 0.190. The number of hydrazine groups is 1. The van der Waals surface area contributed by atoms with E-state index in [1.807, 2.05) is 36.4 Å². The summed E-state index contributed by atoms with van der Waals surface area (Å²) < 4.78 is 13.9. The summed E-state index contributed by atoms with van der Waals surface area (Å²) in [5.74, 6) is -6.33. The number of fused-ring (bicyclic) bond motifs is 5. The molecule has 2 aliphatic heterocycles. The molecule has 8 nitrogen and oxygen atoms in total. The summed E-state index contributed by atoms with van der Waals surface area (Å²) in [6.07, 6.45) is 2.29. The van der Waals surface area contributed by atoms with Gasteiger partial charge in [-0.2, -0.15) is 5.01 Å². The zero-order chi connectivity index (χ0) is 35.9. The molecule has 6 atom stereocenters. The summed E-state index contributed by atoms with van der Waals surface area (Å²) >= 11 is 6.40. The summed E-state index contributed by atoms with van der Waals surface area (Å²) in [6.45, 7) is 0. The smallest absolute Gasteiger partial charge is 0.260 e. The van der Waals surface area contributed by atoms with Crippen molar-refractivity contribution in [3.05, 3.63) is 149 Å². The molecule has 0 aromatic heterocycles. The van der Waals surface area contributed by atoms with Gasteiger partial charge in [0.1, 0.15) is 11.6 Å². The molecule has 0 spiro atoms. The number of hydrogen-bond acceptors (Lipinski definition) is 6. The summed E-state index contributed by atoms with van der Waals surface area (Å²) in [7, 11) is 0. The lowest BCUT2D eigenvalue weighted by atomic mass is 9.48. The van der Waals surface area contributed by atoms with Crippen LogP contribution >= 0.6 is 11.6 Å². The Bertz CT molecular complexity index is 2350. The van der Waals surface area contributed by atoms with E-state index in [4.69, 9.17) is 11.6 Å². The molecule has 0 radical (unpaired) electrons. The number of aromatic hydroxyl groups is 1. The van der Waals surface area contributed by atoms with Gasteiger partial charge in [-0.25, -0.2) is 4.39 Å². The van der Waals surface area contributed by atoms with Crippen molar-refractivity contribution < 1.29 is 28.7 Å². The highest BCUT2D eigenvalue weighted by Gasteiger charge is 2.70. The molecule has 1 saturated carbocycles. The maximum Gasteiger partial charge on any atom is 0.260 e. The van der Waals surface area contributed by atoms with Crippen LogP contribution in [0.3, 0.4) is 0 Å². The number of carbonyl (C=O) groups excluding carboxylic acids is 4. The van der Waals surface area contributed by atoms with Gasteiger partial charge < -0.3 is 5.11 Å². The second-order valence-corrected chi connectivity index (χ2v) is 14.4. The fourth-order valence-electron chi connectivity index (χ4n) is 9.39. The van der Waals surface area contributed by atoms with E-state index >= 15 is 4.79 Å². The molecule has 2 N–H and O–H groups in total. The summed E-state index contributed by atoms with van der Waals surface area (Å²) in [4.78, 5) is 60.1. The number of anilines is 2. The van der Waals surface area contributed by atoms with E-state index in [0.29, 0.717) is 32.9 Å².